The van der Waals surface area contributed by atoms with Crippen molar-refractivity contribution in [2.75, 3.05) is 18.6 Å². The van der Waals surface area contributed by atoms with Crippen LogP contribution in [0, 0.1) is 5.92 Å². The van der Waals surface area contributed by atoms with Gasteiger partial charge in [0.15, 0.2) is 0 Å². The van der Waals surface area contributed by atoms with Gasteiger partial charge in [0.25, 0.3) is 0 Å². The molecule has 0 heterocycles. The number of alkyl halides is 1. The third kappa shape index (κ3) is 3.23. The number of rotatable bonds is 5. The monoisotopic (exact) mass is 209 g/mol. The van der Waals surface area contributed by atoms with Gasteiger partial charge in [0.05, 0.1) is 5.75 Å². The molecule has 0 aromatic heterocycles. The Morgan fingerprint density at radius 3 is 2.38 bits per heavy atom. The summed E-state index contributed by atoms with van der Waals surface area (Å²) in [5.74, 6) is -0.101. The van der Waals surface area contributed by atoms with E-state index in [1.54, 1.807) is 0 Å². The van der Waals surface area contributed by atoms with Crippen LogP contribution >= 0.6 is 0 Å². The second-order valence-corrected chi connectivity index (χ2v) is 6.15. The summed E-state index contributed by atoms with van der Waals surface area (Å²) in [6, 6.07) is 0. The molecular weight excluding hydrogens is 193 g/mol. The summed E-state index contributed by atoms with van der Waals surface area (Å²) >= 11 is 0. The first kappa shape index (κ1) is 10.9. The van der Waals surface area contributed by atoms with Crippen molar-refractivity contribution in [1.29, 1.82) is 0 Å². The van der Waals surface area contributed by atoms with Gasteiger partial charge in [-0.2, -0.15) is 0 Å². The van der Waals surface area contributed by atoms with E-state index in [1.165, 1.54) is 0 Å². The van der Waals surface area contributed by atoms with Crippen LogP contribution in [0.2, 0.25) is 0 Å². The average molecular weight is 209 g/mol. The Morgan fingerprint density at radius 2 is 2.08 bits per heavy atom. The standard InChI is InChI=1S/C8H16FNO2S/c1-13(11,12)5-4-8(9,6-10)7-2-3-7/h7H,2-6,10H2,1H3. The SMILES string of the molecule is CS(=O)(=O)CCC(F)(CN)C1CC1. The Hall–Kier alpha value is -0.160. The van der Waals surface area contributed by atoms with Gasteiger partial charge in [-0.25, -0.2) is 12.8 Å². The lowest BCUT2D eigenvalue weighted by molar-refractivity contribution is 0.138. The topological polar surface area (TPSA) is 60.2 Å². The zero-order chi connectivity index (χ0) is 10.1. The third-order valence-electron chi connectivity index (χ3n) is 2.54. The van der Waals surface area contributed by atoms with Crippen molar-refractivity contribution >= 4 is 9.84 Å². The summed E-state index contributed by atoms with van der Waals surface area (Å²) in [4.78, 5) is 0. The van der Waals surface area contributed by atoms with Gasteiger partial charge < -0.3 is 5.73 Å². The van der Waals surface area contributed by atoms with Crippen LogP contribution in [0.15, 0.2) is 0 Å². The van der Waals surface area contributed by atoms with Gasteiger partial charge >= 0.3 is 0 Å². The highest BCUT2D eigenvalue weighted by Crippen LogP contribution is 2.43. The molecule has 0 aliphatic heterocycles. The van der Waals surface area contributed by atoms with E-state index >= 15 is 0 Å². The van der Waals surface area contributed by atoms with E-state index in [2.05, 4.69) is 0 Å². The van der Waals surface area contributed by atoms with E-state index in [1.807, 2.05) is 0 Å². The summed E-state index contributed by atoms with van der Waals surface area (Å²) in [5, 5.41) is 0. The lowest BCUT2D eigenvalue weighted by Crippen LogP contribution is -2.37. The molecule has 1 rings (SSSR count). The summed E-state index contributed by atoms with van der Waals surface area (Å²) in [7, 11) is -3.07. The fourth-order valence-electron chi connectivity index (χ4n) is 1.43. The van der Waals surface area contributed by atoms with Gasteiger partial charge in [-0.3, -0.25) is 0 Å². The minimum absolute atomic E-state index is 0.000694. The molecule has 0 amide bonds. The van der Waals surface area contributed by atoms with E-state index in [4.69, 9.17) is 5.73 Å². The molecule has 3 nitrogen and oxygen atoms in total. The Bertz CT molecular complexity index is 274. The van der Waals surface area contributed by atoms with Crippen LogP contribution in [0.1, 0.15) is 19.3 Å². The highest BCUT2D eigenvalue weighted by atomic mass is 32.2. The second-order valence-electron chi connectivity index (χ2n) is 3.89. The molecule has 1 aliphatic carbocycles. The minimum atomic E-state index is -3.07. The van der Waals surface area contributed by atoms with Crippen LogP contribution in [0.3, 0.4) is 0 Å². The number of halogens is 1. The molecule has 13 heavy (non-hydrogen) atoms. The number of hydrogen-bond acceptors (Lipinski definition) is 3. The first-order chi connectivity index (χ1) is 5.87. The van der Waals surface area contributed by atoms with Gasteiger partial charge in [-0.05, 0) is 25.2 Å². The Kier molecular flexibility index (Phi) is 2.97. The highest BCUT2D eigenvalue weighted by molar-refractivity contribution is 7.90. The maximum atomic E-state index is 13.8. The van der Waals surface area contributed by atoms with Gasteiger partial charge in [0, 0.05) is 12.8 Å². The average Bonchev–Trinajstić information content (AvgIpc) is 2.81. The maximum Gasteiger partial charge on any atom is 0.147 e. The van der Waals surface area contributed by atoms with Gasteiger partial charge in [-0.15, -0.1) is 0 Å². The summed E-state index contributed by atoms with van der Waals surface area (Å²) in [5.41, 5.74) is 3.87. The molecule has 0 saturated heterocycles. The largest absolute Gasteiger partial charge is 0.328 e. The lowest BCUT2D eigenvalue weighted by Gasteiger charge is -2.22. The van der Waals surface area contributed by atoms with Crippen LogP contribution in [0.25, 0.3) is 0 Å². The van der Waals surface area contributed by atoms with Crippen molar-refractivity contribution in [2.45, 2.75) is 24.9 Å². The first-order valence-electron chi connectivity index (χ1n) is 4.44. The summed E-state index contributed by atoms with van der Waals surface area (Å²) < 4.78 is 35.5. The van der Waals surface area contributed by atoms with E-state index in [0.29, 0.717) is 0 Å². The van der Waals surface area contributed by atoms with Crippen LogP contribution in [0.4, 0.5) is 4.39 Å². The molecule has 0 radical (unpaired) electrons. The molecule has 1 unspecified atom stereocenters. The Balaban J connectivity index is 2.49. The van der Waals surface area contributed by atoms with Gasteiger partial charge in [0.1, 0.15) is 15.5 Å². The van der Waals surface area contributed by atoms with Crippen molar-refractivity contribution < 1.29 is 12.8 Å². The van der Waals surface area contributed by atoms with Crippen molar-refractivity contribution in [3.63, 3.8) is 0 Å². The number of hydrogen-bond donors (Lipinski definition) is 1. The van der Waals surface area contributed by atoms with Crippen molar-refractivity contribution in [1.82, 2.24) is 0 Å². The van der Waals surface area contributed by atoms with Crippen LogP contribution < -0.4 is 5.73 Å². The van der Waals surface area contributed by atoms with Gasteiger partial charge in [-0.1, -0.05) is 0 Å². The van der Waals surface area contributed by atoms with Gasteiger partial charge in [0.2, 0.25) is 0 Å². The van der Waals surface area contributed by atoms with Crippen LogP contribution in [-0.4, -0.2) is 32.6 Å². The second kappa shape index (κ2) is 3.53. The first-order valence-corrected chi connectivity index (χ1v) is 6.50. The van der Waals surface area contributed by atoms with Crippen LogP contribution in [-0.2, 0) is 9.84 Å². The Labute approximate surface area is 78.4 Å². The molecule has 2 N–H and O–H groups in total. The molecule has 1 atom stereocenters. The molecule has 1 fully saturated rings. The molecule has 0 bridgehead atoms. The molecule has 5 heteroatoms. The van der Waals surface area contributed by atoms with E-state index in [-0.39, 0.29) is 24.6 Å². The van der Waals surface area contributed by atoms with Crippen molar-refractivity contribution in [3.05, 3.63) is 0 Å². The highest BCUT2D eigenvalue weighted by Gasteiger charge is 2.44. The summed E-state index contributed by atoms with van der Waals surface area (Å²) in [6.45, 7) is -0.0623. The number of sulfone groups is 1. The van der Waals surface area contributed by atoms with E-state index < -0.39 is 15.5 Å². The normalized spacial score (nSPS) is 22.7. The minimum Gasteiger partial charge on any atom is -0.328 e. The fraction of sp³-hybridized carbons (Fsp3) is 1.00. The summed E-state index contributed by atoms with van der Waals surface area (Å²) in [6.07, 6.45) is 2.86. The number of nitrogens with two attached hydrogens (primary N) is 1. The molecule has 1 saturated carbocycles. The molecule has 1 aliphatic rings. The predicted octanol–water partition coefficient (Wildman–Crippen LogP) is 0.498. The fourth-order valence-corrected chi connectivity index (χ4v) is 2.14. The quantitative estimate of drug-likeness (QED) is 0.717. The van der Waals surface area contributed by atoms with Crippen LogP contribution in [0.5, 0.6) is 0 Å². The molecule has 0 spiro atoms. The third-order valence-corrected chi connectivity index (χ3v) is 3.48. The lowest BCUT2D eigenvalue weighted by atomic mass is 9.97. The zero-order valence-corrected chi connectivity index (χ0v) is 8.61. The maximum absolute atomic E-state index is 13.8. The van der Waals surface area contributed by atoms with E-state index in [0.717, 1.165) is 19.1 Å². The Morgan fingerprint density at radius 1 is 1.54 bits per heavy atom. The predicted molar refractivity (Wildman–Crippen MR) is 49.9 cm³/mol. The molecule has 0 aromatic rings. The van der Waals surface area contributed by atoms with E-state index in [9.17, 15) is 12.8 Å². The molecule has 0 aromatic carbocycles. The van der Waals surface area contributed by atoms with Crippen molar-refractivity contribution in [3.8, 4) is 0 Å². The molecular formula is C8H16FNO2S. The van der Waals surface area contributed by atoms with Crippen molar-refractivity contribution in [2.24, 2.45) is 11.7 Å². The molecule has 78 valence electrons. The smallest absolute Gasteiger partial charge is 0.147 e. The zero-order valence-electron chi connectivity index (χ0n) is 7.79.